The monoisotopic (exact) mass is 299 g/mol. The summed E-state index contributed by atoms with van der Waals surface area (Å²) in [4.78, 5) is 26.0. The molecule has 0 unspecified atom stereocenters. The molecule has 0 bridgehead atoms. The first-order chi connectivity index (χ1) is 10.5. The summed E-state index contributed by atoms with van der Waals surface area (Å²) in [5, 5.41) is 0. The molecule has 0 saturated carbocycles. The van der Waals surface area contributed by atoms with Crippen LogP contribution in [0.25, 0.3) is 0 Å². The first-order valence-electron chi connectivity index (χ1n) is 7.38. The Labute approximate surface area is 128 Å². The van der Waals surface area contributed by atoms with Crippen LogP contribution in [0.5, 0.6) is 11.5 Å². The summed E-state index contributed by atoms with van der Waals surface area (Å²) >= 11 is 0. The lowest BCUT2D eigenvalue weighted by Crippen LogP contribution is -2.43. The number of hydrogen-bond donors (Lipinski definition) is 0. The summed E-state index contributed by atoms with van der Waals surface area (Å²) in [6.07, 6.45) is 3.76. The normalized spacial score (nSPS) is 28.8. The van der Waals surface area contributed by atoms with E-state index in [1.54, 1.807) is 18.1 Å². The summed E-state index contributed by atoms with van der Waals surface area (Å²) in [7, 11) is 3.41. The Morgan fingerprint density at radius 2 is 2.18 bits per heavy atom. The molecule has 22 heavy (non-hydrogen) atoms. The second kappa shape index (κ2) is 4.35. The van der Waals surface area contributed by atoms with Gasteiger partial charge >= 0.3 is 0 Å². The van der Waals surface area contributed by atoms with Crippen molar-refractivity contribution < 1.29 is 19.1 Å². The van der Waals surface area contributed by atoms with E-state index in [0.717, 1.165) is 11.1 Å². The van der Waals surface area contributed by atoms with Crippen molar-refractivity contribution in [2.75, 3.05) is 14.2 Å². The number of ketones is 1. The number of carbonyl (C=O) groups is 2. The van der Waals surface area contributed by atoms with E-state index in [9.17, 15) is 9.59 Å². The van der Waals surface area contributed by atoms with E-state index in [-0.39, 0.29) is 17.8 Å². The van der Waals surface area contributed by atoms with Crippen LogP contribution >= 0.6 is 0 Å². The highest BCUT2D eigenvalue weighted by Crippen LogP contribution is 2.55. The lowest BCUT2D eigenvalue weighted by Gasteiger charge is -2.32. The molecular formula is C17H17NO4. The van der Waals surface area contributed by atoms with Gasteiger partial charge in [-0.05, 0) is 17.7 Å². The van der Waals surface area contributed by atoms with E-state index in [2.05, 4.69) is 0 Å². The third-order valence-electron chi connectivity index (χ3n) is 4.96. The molecule has 114 valence electrons. The van der Waals surface area contributed by atoms with E-state index in [1.807, 2.05) is 25.3 Å². The van der Waals surface area contributed by atoms with Gasteiger partial charge in [0.1, 0.15) is 6.10 Å². The third kappa shape index (κ3) is 1.59. The van der Waals surface area contributed by atoms with Crippen molar-refractivity contribution in [2.24, 2.45) is 0 Å². The largest absolute Gasteiger partial charge is 0.493 e. The van der Waals surface area contributed by atoms with Crippen LogP contribution in [0.1, 0.15) is 24.0 Å². The summed E-state index contributed by atoms with van der Waals surface area (Å²) in [6.45, 7) is 0.546. The highest BCUT2D eigenvalue weighted by molar-refractivity contribution is 5.93. The highest BCUT2D eigenvalue weighted by atomic mass is 16.5. The maximum Gasteiger partial charge on any atom is 0.223 e. The van der Waals surface area contributed by atoms with E-state index in [4.69, 9.17) is 9.47 Å². The first-order valence-corrected chi connectivity index (χ1v) is 7.38. The topological polar surface area (TPSA) is 55.8 Å². The van der Waals surface area contributed by atoms with Crippen molar-refractivity contribution in [3.8, 4) is 11.5 Å². The number of allylic oxidation sites excluding steroid dienone is 1. The fourth-order valence-electron chi connectivity index (χ4n) is 3.83. The number of nitrogens with zero attached hydrogens (tertiary/aromatic N) is 1. The van der Waals surface area contributed by atoms with Crippen molar-refractivity contribution in [2.45, 2.75) is 30.9 Å². The van der Waals surface area contributed by atoms with Crippen LogP contribution < -0.4 is 9.47 Å². The van der Waals surface area contributed by atoms with Crippen LogP contribution in [-0.2, 0) is 21.5 Å². The van der Waals surface area contributed by atoms with Crippen molar-refractivity contribution in [3.05, 3.63) is 35.4 Å². The van der Waals surface area contributed by atoms with Crippen LogP contribution in [0.2, 0.25) is 0 Å². The zero-order valence-corrected chi connectivity index (χ0v) is 12.6. The van der Waals surface area contributed by atoms with Crippen molar-refractivity contribution in [1.29, 1.82) is 0 Å². The van der Waals surface area contributed by atoms with Gasteiger partial charge in [0.25, 0.3) is 0 Å². The minimum Gasteiger partial charge on any atom is -0.493 e. The molecule has 0 radical (unpaired) electrons. The van der Waals surface area contributed by atoms with E-state index < -0.39 is 5.41 Å². The average molecular weight is 299 g/mol. The molecule has 3 aliphatic rings. The fraction of sp³-hybridized carbons (Fsp3) is 0.412. The number of ether oxygens (including phenoxy) is 2. The fourth-order valence-corrected chi connectivity index (χ4v) is 3.83. The molecule has 0 fully saturated rings. The molecule has 1 amide bonds. The van der Waals surface area contributed by atoms with Gasteiger partial charge in [-0.25, -0.2) is 0 Å². The maximum atomic E-state index is 12.5. The van der Waals surface area contributed by atoms with E-state index in [0.29, 0.717) is 30.9 Å². The summed E-state index contributed by atoms with van der Waals surface area (Å²) < 4.78 is 11.5. The molecule has 2 aliphatic heterocycles. The number of hydrogen-bond acceptors (Lipinski definition) is 4. The Bertz CT molecular complexity index is 724. The minimum atomic E-state index is -0.547. The van der Waals surface area contributed by atoms with Gasteiger partial charge in [-0.1, -0.05) is 12.1 Å². The SMILES string of the molecule is COc1ccc2c3c1O[C@H]1CC(=O)C=C[C@@]31CC(=O)N(C)C2. The van der Waals surface area contributed by atoms with Crippen LogP contribution in [0, 0.1) is 0 Å². The highest BCUT2D eigenvalue weighted by Gasteiger charge is 2.54. The molecule has 0 aromatic heterocycles. The maximum absolute atomic E-state index is 12.5. The van der Waals surface area contributed by atoms with Crippen LogP contribution in [0.15, 0.2) is 24.3 Å². The summed E-state index contributed by atoms with van der Waals surface area (Å²) in [5.41, 5.74) is 1.53. The zero-order chi connectivity index (χ0) is 15.5. The lowest BCUT2D eigenvalue weighted by atomic mass is 9.69. The van der Waals surface area contributed by atoms with Gasteiger partial charge in [0.05, 0.1) is 12.5 Å². The molecule has 0 saturated heterocycles. The number of rotatable bonds is 1. The summed E-state index contributed by atoms with van der Waals surface area (Å²) in [5.74, 6) is 1.45. The van der Waals surface area contributed by atoms with E-state index in [1.165, 1.54) is 0 Å². The number of carbonyl (C=O) groups excluding carboxylic acids is 2. The zero-order valence-electron chi connectivity index (χ0n) is 12.6. The molecule has 1 aromatic rings. The predicted molar refractivity (Wildman–Crippen MR) is 78.9 cm³/mol. The van der Waals surface area contributed by atoms with Gasteiger partial charge in [0, 0.05) is 32.0 Å². The molecule has 1 aliphatic carbocycles. The summed E-state index contributed by atoms with van der Waals surface area (Å²) in [6, 6.07) is 3.86. The van der Waals surface area contributed by atoms with Gasteiger partial charge < -0.3 is 14.4 Å². The predicted octanol–water partition coefficient (Wildman–Crippen LogP) is 1.59. The Hall–Kier alpha value is -2.30. The Kier molecular flexibility index (Phi) is 2.64. The smallest absolute Gasteiger partial charge is 0.223 e. The first kappa shape index (κ1) is 13.4. The number of methoxy groups -OCH3 is 1. The van der Waals surface area contributed by atoms with Crippen molar-refractivity contribution in [3.63, 3.8) is 0 Å². The minimum absolute atomic E-state index is 0.0361. The molecule has 5 nitrogen and oxygen atoms in total. The third-order valence-corrected chi connectivity index (χ3v) is 4.96. The van der Waals surface area contributed by atoms with E-state index >= 15 is 0 Å². The van der Waals surface area contributed by atoms with Gasteiger partial charge in [-0.3, -0.25) is 9.59 Å². The Morgan fingerprint density at radius 1 is 1.36 bits per heavy atom. The molecule has 2 heterocycles. The molecule has 5 heteroatoms. The number of benzene rings is 1. The lowest BCUT2D eigenvalue weighted by molar-refractivity contribution is -0.132. The van der Waals surface area contributed by atoms with Gasteiger partial charge in [-0.15, -0.1) is 0 Å². The van der Waals surface area contributed by atoms with Crippen LogP contribution in [-0.4, -0.2) is 36.9 Å². The van der Waals surface area contributed by atoms with Crippen molar-refractivity contribution >= 4 is 11.7 Å². The standard InChI is InChI=1S/C17H17NO4/c1-18-9-10-3-4-12(21-2)16-15(10)17(8-14(18)20)6-5-11(19)7-13(17)22-16/h3-6,13H,7-9H2,1-2H3/t13-,17-/m0/s1. The Morgan fingerprint density at radius 3 is 2.95 bits per heavy atom. The van der Waals surface area contributed by atoms with Gasteiger partial charge in [0.15, 0.2) is 17.3 Å². The molecule has 0 N–H and O–H groups in total. The molecule has 1 aromatic carbocycles. The average Bonchev–Trinajstić information content (AvgIpc) is 2.76. The van der Waals surface area contributed by atoms with Gasteiger partial charge in [-0.2, -0.15) is 0 Å². The second-order valence-electron chi connectivity index (χ2n) is 6.21. The quantitative estimate of drug-likeness (QED) is 0.790. The molecule has 2 atom stereocenters. The van der Waals surface area contributed by atoms with Crippen LogP contribution in [0.3, 0.4) is 0 Å². The molecule has 4 rings (SSSR count). The number of amides is 1. The van der Waals surface area contributed by atoms with Crippen molar-refractivity contribution in [1.82, 2.24) is 4.90 Å². The van der Waals surface area contributed by atoms with Gasteiger partial charge in [0.2, 0.25) is 5.91 Å². The Balaban J connectivity index is 2.00. The van der Waals surface area contributed by atoms with Crippen LogP contribution in [0.4, 0.5) is 0 Å². The molecule has 1 spiro atoms. The molecular weight excluding hydrogens is 282 g/mol. The second-order valence-corrected chi connectivity index (χ2v) is 6.21.